The molecule has 3 unspecified atom stereocenters. The van der Waals surface area contributed by atoms with E-state index < -0.39 is 0 Å². The molecule has 5 heteroatoms. The van der Waals surface area contributed by atoms with E-state index in [1.807, 2.05) is 4.90 Å². The highest BCUT2D eigenvalue weighted by molar-refractivity contribution is 5.80. The monoisotopic (exact) mass is 267 g/mol. The Kier molecular flexibility index (Phi) is 4.45. The number of carbonyl (C=O) groups is 2. The van der Waals surface area contributed by atoms with Crippen molar-refractivity contribution < 1.29 is 9.59 Å². The van der Waals surface area contributed by atoms with Gasteiger partial charge in [-0.1, -0.05) is 13.3 Å². The van der Waals surface area contributed by atoms with E-state index in [2.05, 4.69) is 6.92 Å². The van der Waals surface area contributed by atoms with Gasteiger partial charge in [-0.15, -0.1) is 0 Å². The lowest BCUT2D eigenvalue weighted by Gasteiger charge is -2.39. The van der Waals surface area contributed by atoms with Gasteiger partial charge in [0.15, 0.2) is 0 Å². The summed E-state index contributed by atoms with van der Waals surface area (Å²) in [6.45, 7) is 6.32. The van der Waals surface area contributed by atoms with Crippen LogP contribution < -0.4 is 5.73 Å². The Morgan fingerprint density at radius 3 is 2.21 bits per heavy atom. The van der Waals surface area contributed by atoms with E-state index in [0.29, 0.717) is 32.1 Å². The first-order valence-corrected chi connectivity index (χ1v) is 7.30. The molecular weight excluding hydrogens is 242 g/mol. The Hall–Kier alpha value is -1.10. The molecule has 2 fully saturated rings. The summed E-state index contributed by atoms with van der Waals surface area (Å²) in [5.74, 6) is 0.700. The third-order valence-corrected chi connectivity index (χ3v) is 4.65. The number of hydrogen-bond acceptors (Lipinski definition) is 3. The van der Waals surface area contributed by atoms with Crippen LogP contribution in [0.25, 0.3) is 0 Å². The quantitative estimate of drug-likeness (QED) is 0.749. The van der Waals surface area contributed by atoms with Crippen molar-refractivity contribution in [2.45, 2.75) is 39.2 Å². The maximum absolute atomic E-state index is 12.5. The number of nitrogens with zero attached hydrogens (tertiary/aromatic N) is 2. The van der Waals surface area contributed by atoms with Crippen molar-refractivity contribution in [1.82, 2.24) is 9.80 Å². The molecule has 2 amide bonds. The summed E-state index contributed by atoms with van der Waals surface area (Å²) in [6.07, 6.45) is 3.14. The number of piperazine rings is 1. The Bertz CT molecular complexity index is 351. The highest BCUT2D eigenvalue weighted by Gasteiger charge is 2.36. The molecule has 5 nitrogen and oxygen atoms in total. The molecule has 0 bridgehead atoms. The SMILES string of the molecule is CC(=O)N1CCN(C(=O)C2CCCC(C)C2N)CC1. The Labute approximate surface area is 115 Å². The van der Waals surface area contributed by atoms with E-state index in [1.54, 1.807) is 11.8 Å². The van der Waals surface area contributed by atoms with Crippen molar-refractivity contribution in [3.63, 3.8) is 0 Å². The second-order valence-corrected chi connectivity index (χ2v) is 5.92. The first-order chi connectivity index (χ1) is 9.00. The summed E-state index contributed by atoms with van der Waals surface area (Å²) >= 11 is 0. The Morgan fingerprint density at radius 1 is 1.05 bits per heavy atom. The van der Waals surface area contributed by atoms with Crippen LogP contribution in [0, 0.1) is 11.8 Å². The van der Waals surface area contributed by atoms with Gasteiger partial charge in [0.25, 0.3) is 0 Å². The molecule has 1 heterocycles. The molecule has 108 valence electrons. The summed E-state index contributed by atoms with van der Waals surface area (Å²) < 4.78 is 0. The van der Waals surface area contributed by atoms with Crippen molar-refractivity contribution in [3.8, 4) is 0 Å². The standard InChI is InChI=1S/C14H25N3O2/c1-10-4-3-5-12(13(10)15)14(19)17-8-6-16(7-9-17)11(2)18/h10,12-13H,3-9,15H2,1-2H3. The molecule has 1 aliphatic carbocycles. The van der Waals surface area contributed by atoms with Crippen LogP contribution in [0.15, 0.2) is 0 Å². The van der Waals surface area contributed by atoms with Gasteiger partial charge in [-0.2, -0.15) is 0 Å². The van der Waals surface area contributed by atoms with Crippen LogP contribution in [0.2, 0.25) is 0 Å². The van der Waals surface area contributed by atoms with Crippen LogP contribution in [-0.2, 0) is 9.59 Å². The van der Waals surface area contributed by atoms with Gasteiger partial charge in [0.2, 0.25) is 11.8 Å². The van der Waals surface area contributed by atoms with E-state index in [0.717, 1.165) is 19.3 Å². The van der Waals surface area contributed by atoms with Gasteiger partial charge < -0.3 is 15.5 Å². The van der Waals surface area contributed by atoms with Crippen LogP contribution in [0.3, 0.4) is 0 Å². The van der Waals surface area contributed by atoms with Crippen molar-refractivity contribution >= 4 is 11.8 Å². The summed E-state index contributed by atoms with van der Waals surface area (Å²) in [4.78, 5) is 27.5. The first kappa shape index (κ1) is 14.3. The first-order valence-electron chi connectivity index (χ1n) is 7.30. The van der Waals surface area contributed by atoms with Crippen LogP contribution in [0.5, 0.6) is 0 Å². The van der Waals surface area contributed by atoms with Gasteiger partial charge in [0.05, 0.1) is 5.92 Å². The number of hydrogen-bond donors (Lipinski definition) is 1. The van der Waals surface area contributed by atoms with E-state index in [4.69, 9.17) is 5.73 Å². The van der Waals surface area contributed by atoms with E-state index in [-0.39, 0.29) is 23.8 Å². The molecule has 1 saturated heterocycles. The second kappa shape index (κ2) is 5.90. The summed E-state index contributed by atoms with van der Waals surface area (Å²) in [7, 11) is 0. The highest BCUT2D eigenvalue weighted by Crippen LogP contribution is 2.29. The minimum atomic E-state index is -0.0207. The zero-order chi connectivity index (χ0) is 14.0. The van der Waals surface area contributed by atoms with E-state index in [1.165, 1.54) is 0 Å². The molecular formula is C14H25N3O2. The maximum Gasteiger partial charge on any atom is 0.227 e. The van der Waals surface area contributed by atoms with Crippen LogP contribution in [-0.4, -0.2) is 53.8 Å². The summed E-state index contributed by atoms with van der Waals surface area (Å²) in [6, 6.07) is -0.00733. The zero-order valence-electron chi connectivity index (χ0n) is 12.0. The number of nitrogens with two attached hydrogens (primary N) is 1. The lowest BCUT2D eigenvalue weighted by molar-refractivity contribution is -0.143. The molecule has 0 spiro atoms. The van der Waals surface area contributed by atoms with Crippen LogP contribution in [0.1, 0.15) is 33.1 Å². The van der Waals surface area contributed by atoms with Gasteiger partial charge in [0, 0.05) is 39.1 Å². The maximum atomic E-state index is 12.5. The van der Waals surface area contributed by atoms with Gasteiger partial charge in [-0.3, -0.25) is 9.59 Å². The smallest absolute Gasteiger partial charge is 0.227 e. The molecule has 1 saturated carbocycles. The molecule has 0 aromatic heterocycles. The molecule has 1 aliphatic heterocycles. The fourth-order valence-corrected chi connectivity index (χ4v) is 3.21. The number of carbonyl (C=O) groups excluding carboxylic acids is 2. The predicted octanol–water partition coefficient (Wildman–Crippen LogP) is 0.441. The second-order valence-electron chi connectivity index (χ2n) is 5.92. The Morgan fingerprint density at radius 2 is 1.63 bits per heavy atom. The average Bonchev–Trinajstić information content (AvgIpc) is 2.41. The minimum Gasteiger partial charge on any atom is -0.339 e. The van der Waals surface area contributed by atoms with Gasteiger partial charge >= 0.3 is 0 Å². The molecule has 3 atom stereocenters. The molecule has 2 aliphatic rings. The average molecular weight is 267 g/mol. The Balaban J connectivity index is 1.92. The fourth-order valence-electron chi connectivity index (χ4n) is 3.21. The predicted molar refractivity (Wildman–Crippen MR) is 73.3 cm³/mol. The molecule has 2 N–H and O–H groups in total. The molecule has 19 heavy (non-hydrogen) atoms. The zero-order valence-corrected chi connectivity index (χ0v) is 12.0. The van der Waals surface area contributed by atoms with Gasteiger partial charge in [-0.05, 0) is 18.8 Å². The third kappa shape index (κ3) is 3.08. The normalized spacial score (nSPS) is 32.3. The van der Waals surface area contributed by atoms with E-state index >= 15 is 0 Å². The lowest BCUT2D eigenvalue weighted by atomic mass is 9.77. The summed E-state index contributed by atoms with van der Waals surface area (Å²) in [5.41, 5.74) is 6.19. The topological polar surface area (TPSA) is 66.6 Å². The largest absolute Gasteiger partial charge is 0.339 e. The lowest BCUT2D eigenvalue weighted by Crippen LogP contribution is -2.55. The van der Waals surface area contributed by atoms with Gasteiger partial charge in [0.1, 0.15) is 0 Å². The van der Waals surface area contributed by atoms with Crippen molar-refractivity contribution in [3.05, 3.63) is 0 Å². The van der Waals surface area contributed by atoms with Crippen molar-refractivity contribution in [2.24, 2.45) is 17.6 Å². The highest BCUT2D eigenvalue weighted by atomic mass is 16.2. The molecule has 2 rings (SSSR count). The molecule has 0 aromatic carbocycles. The van der Waals surface area contributed by atoms with Crippen LogP contribution in [0.4, 0.5) is 0 Å². The molecule has 0 aromatic rings. The number of rotatable bonds is 1. The summed E-state index contributed by atoms with van der Waals surface area (Å²) in [5, 5.41) is 0. The van der Waals surface area contributed by atoms with Gasteiger partial charge in [-0.25, -0.2) is 0 Å². The minimum absolute atomic E-state index is 0.00733. The van der Waals surface area contributed by atoms with Crippen molar-refractivity contribution in [2.75, 3.05) is 26.2 Å². The van der Waals surface area contributed by atoms with Crippen molar-refractivity contribution in [1.29, 1.82) is 0 Å². The number of amides is 2. The third-order valence-electron chi connectivity index (χ3n) is 4.65. The van der Waals surface area contributed by atoms with E-state index in [9.17, 15) is 9.59 Å². The van der Waals surface area contributed by atoms with Crippen LogP contribution >= 0.6 is 0 Å². The fraction of sp³-hybridized carbons (Fsp3) is 0.857. The molecule has 0 radical (unpaired) electrons.